The van der Waals surface area contributed by atoms with E-state index in [1.165, 1.54) is 25.9 Å². The molecule has 0 radical (unpaired) electrons. The van der Waals surface area contributed by atoms with Crippen molar-refractivity contribution in [3.8, 4) is 0 Å². The van der Waals surface area contributed by atoms with Crippen molar-refractivity contribution in [3.63, 3.8) is 0 Å². The Morgan fingerprint density at radius 2 is 1.62 bits per heavy atom. The molecule has 0 aliphatic carbocycles. The smallest absolute Gasteiger partial charge is 0.227 e. The van der Waals surface area contributed by atoms with Gasteiger partial charge in [-0.2, -0.15) is 0 Å². The van der Waals surface area contributed by atoms with Crippen molar-refractivity contribution in [2.75, 3.05) is 59.4 Å². The Balaban J connectivity index is 1.45. The van der Waals surface area contributed by atoms with Crippen LogP contribution in [0.5, 0.6) is 0 Å². The van der Waals surface area contributed by atoms with Crippen LogP contribution in [0.4, 0.5) is 0 Å². The van der Waals surface area contributed by atoms with E-state index in [4.69, 9.17) is 0 Å². The molecule has 1 unspecified atom stereocenters. The normalized spacial score (nSPS) is 31.0. The molecule has 3 rings (SSSR count). The maximum absolute atomic E-state index is 12.5. The second-order valence-electron chi connectivity index (χ2n) is 6.75. The van der Waals surface area contributed by atoms with Crippen molar-refractivity contribution < 1.29 is 4.79 Å². The first-order valence-electron chi connectivity index (χ1n) is 8.25. The van der Waals surface area contributed by atoms with E-state index in [0.29, 0.717) is 5.91 Å². The van der Waals surface area contributed by atoms with Gasteiger partial charge in [-0.3, -0.25) is 9.69 Å². The van der Waals surface area contributed by atoms with Crippen molar-refractivity contribution in [3.05, 3.63) is 0 Å². The van der Waals surface area contributed by atoms with Gasteiger partial charge in [-0.25, -0.2) is 3.11 Å². The van der Waals surface area contributed by atoms with E-state index in [1.54, 1.807) is 0 Å². The summed E-state index contributed by atoms with van der Waals surface area (Å²) < 4.78 is 2.39. The van der Waals surface area contributed by atoms with Gasteiger partial charge in [0.15, 0.2) is 0 Å². The van der Waals surface area contributed by atoms with Crippen LogP contribution < -0.4 is 0 Å². The zero-order valence-electron chi connectivity index (χ0n) is 13.0. The van der Waals surface area contributed by atoms with E-state index in [-0.39, 0.29) is 5.92 Å². The molecule has 120 valence electrons. The highest BCUT2D eigenvalue weighted by Crippen LogP contribution is 2.22. The molecule has 3 aliphatic rings. The van der Waals surface area contributed by atoms with E-state index >= 15 is 0 Å². The number of nitrogens with zero attached hydrogens (tertiary/aromatic N) is 4. The fourth-order valence-corrected chi connectivity index (χ4v) is 4.46. The zero-order chi connectivity index (χ0) is 14.8. The van der Waals surface area contributed by atoms with Crippen molar-refractivity contribution in [1.82, 2.24) is 17.8 Å². The average molecular weight is 406 g/mol. The van der Waals surface area contributed by atoms with Crippen molar-refractivity contribution >= 4 is 28.8 Å². The molecule has 3 fully saturated rings. The largest absolute Gasteiger partial charge is 0.340 e. The van der Waals surface area contributed by atoms with Crippen LogP contribution in [0.2, 0.25) is 0 Å². The summed E-state index contributed by atoms with van der Waals surface area (Å²) in [5.41, 5.74) is 0. The third kappa shape index (κ3) is 3.89. The van der Waals surface area contributed by atoms with E-state index in [2.05, 4.69) is 47.7 Å². The summed E-state index contributed by atoms with van der Waals surface area (Å²) in [7, 11) is 2.12. The third-order valence-electron chi connectivity index (χ3n) is 5.29. The summed E-state index contributed by atoms with van der Waals surface area (Å²) in [5, 5.41) is 0. The number of amides is 1. The maximum atomic E-state index is 12.5. The number of hydrogen-bond donors (Lipinski definition) is 0. The highest BCUT2D eigenvalue weighted by Gasteiger charge is 2.33. The number of carbonyl (C=O) groups is 1. The molecule has 0 bridgehead atoms. The number of piperazine rings is 1. The van der Waals surface area contributed by atoms with Gasteiger partial charge in [0.1, 0.15) is 0 Å². The molecular weight excluding hydrogens is 379 g/mol. The fraction of sp³-hybridized carbons (Fsp3) is 0.933. The number of halogens is 1. The lowest BCUT2D eigenvalue weighted by Gasteiger charge is -2.42. The number of rotatable bonds is 2. The highest BCUT2D eigenvalue weighted by atomic mass is 127. The molecule has 3 heterocycles. The van der Waals surface area contributed by atoms with Gasteiger partial charge in [0.25, 0.3) is 0 Å². The number of carbonyl (C=O) groups excluding carboxylic acids is 1. The van der Waals surface area contributed by atoms with Gasteiger partial charge in [-0.05, 0) is 32.9 Å². The lowest BCUT2D eigenvalue weighted by atomic mass is 10.0. The Morgan fingerprint density at radius 3 is 2.19 bits per heavy atom. The second kappa shape index (κ2) is 7.10. The van der Waals surface area contributed by atoms with Crippen molar-refractivity contribution in [2.45, 2.75) is 25.3 Å². The predicted molar refractivity (Wildman–Crippen MR) is 92.4 cm³/mol. The summed E-state index contributed by atoms with van der Waals surface area (Å²) in [6.45, 7) is 8.45. The van der Waals surface area contributed by atoms with E-state index in [0.717, 1.165) is 51.7 Å². The molecule has 0 aromatic rings. The molecular formula is C15H27IN4O. The topological polar surface area (TPSA) is 30.0 Å². The molecule has 5 nitrogen and oxygen atoms in total. The lowest BCUT2D eigenvalue weighted by molar-refractivity contribution is -0.137. The quantitative estimate of drug-likeness (QED) is 0.504. The number of piperidine rings is 1. The van der Waals surface area contributed by atoms with Crippen LogP contribution in [0, 0.1) is 5.92 Å². The summed E-state index contributed by atoms with van der Waals surface area (Å²) in [4.78, 5) is 19.6. The van der Waals surface area contributed by atoms with Crippen LogP contribution in [-0.2, 0) is 4.79 Å². The summed E-state index contributed by atoms with van der Waals surface area (Å²) in [5.74, 6) is 0.657. The SMILES string of the molecule is CN1CCC(C(=O)N2CCN(C3CCN(I)CC3)CC2)C1. The molecule has 6 heteroatoms. The molecule has 0 spiro atoms. The molecule has 0 aromatic carbocycles. The Hall–Kier alpha value is 0.0800. The zero-order valence-corrected chi connectivity index (χ0v) is 15.2. The standard InChI is InChI=1S/C15H27IN4O/c1-17-5-2-13(12-17)15(21)19-10-8-18(9-11-19)14-3-6-20(16)7-4-14/h13-14H,2-12H2,1H3. The third-order valence-corrected chi connectivity index (χ3v) is 6.26. The van der Waals surface area contributed by atoms with Gasteiger partial charge >= 0.3 is 0 Å². The van der Waals surface area contributed by atoms with Gasteiger partial charge in [0.2, 0.25) is 5.91 Å². The van der Waals surface area contributed by atoms with Gasteiger partial charge in [-0.1, -0.05) is 0 Å². The molecule has 21 heavy (non-hydrogen) atoms. The Kier molecular flexibility index (Phi) is 5.40. The van der Waals surface area contributed by atoms with Gasteiger partial charge < -0.3 is 9.80 Å². The summed E-state index contributed by atoms with van der Waals surface area (Å²) >= 11 is 2.43. The minimum absolute atomic E-state index is 0.254. The summed E-state index contributed by atoms with van der Waals surface area (Å²) in [6, 6.07) is 0.742. The molecule has 3 aliphatic heterocycles. The van der Waals surface area contributed by atoms with Crippen LogP contribution in [0.1, 0.15) is 19.3 Å². The molecule has 0 aromatic heterocycles. The number of hydrogen-bond acceptors (Lipinski definition) is 4. The van der Waals surface area contributed by atoms with E-state index < -0.39 is 0 Å². The van der Waals surface area contributed by atoms with E-state index in [9.17, 15) is 4.79 Å². The van der Waals surface area contributed by atoms with Crippen LogP contribution >= 0.6 is 22.9 Å². The van der Waals surface area contributed by atoms with Gasteiger partial charge in [-0.15, -0.1) is 0 Å². The lowest BCUT2D eigenvalue weighted by Crippen LogP contribution is -2.54. The Morgan fingerprint density at radius 1 is 0.952 bits per heavy atom. The van der Waals surface area contributed by atoms with Crippen molar-refractivity contribution in [2.24, 2.45) is 5.92 Å². The maximum Gasteiger partial charge on any atom is 0.227 e. The van der Waals surface area contributed by atoms with Crippen LogP contribution in [0.15, 0.2) is 0 Å². The van der Waals surface area contributed by atoms with Crippen LogP contribution in [0.25, 0.3) is 0 Å². The predicted octanol–water partition coefficient (Wildman–Crippen LogP) is 0.897. The minimum Gasteiger partial charge on any atom is -0.340 e. The average Bonchev–Trinajstić information content (AvgIpc) is 2.94. The van der Waals surface area contributed by atoms with Crippen molar-refractivity contribution in [1.29, 1.82) is 0 Å². The second-order valence-corrected chi connectivity index (χ2v) is 8.11. The van der Waals surface area contributed by atoms with Crippen LogP contribution in [0.3, 0.4) is 0 Å². The Bertz CT molecular complexity index is 365. The van der Waals surface area contributed by atoms with E-state index in [1.807, 2.05) is 0 Å². The molecule has 0 N–H and O–H groups in total. The Labute approximate surface area is 142 Å². The summed E-state index contributed by atoms with van der Waals surface area (Å²) in [6.07, 6.45) is 3.61. The molecule has 1 amide bonds. The first kappa shape index (κ1) is 16.0. The first-order chi connectivity index (χ1) is 10.1. The van der Waals surface area contributed by atoms with Crippen LogP contribution in [-0.4, -0.2) is 89.2 Å². The highest BCUT2D eigenvalue weighted by molar-refractivity contribution is 14.1. The number of likely N-dealkylation sites (tertiary alicyclic amines) is 1. The molecule has 3 saturated heterocycles. The minimum atomic E-state index is 0.254. The van der Waals surface area contributed by atoms with Gasteiger partial charge in [0.05, 0.1) is 5.92 Å². The monoisotopic (exact) mass is 406 g/mol. The molecule has 1 atom stereocenters. The first-order valence-corrected chi connectivity index (χ1v) is 9.22. The molecule has 0 saturated carbocycles. The fourth-order valence-electron chi connectivity index (χ4n) is 3.90. The van der Waals surface area contributed by atoms with Gasteiger partial charge in [0, 0.05) is 74.7 Å².